The van der Waals surface area contributed by atoms with Crippen molar-refractivity contribution >= 4 is 11.9 Å². The van der Waals surface area contributed by atoms with E-state index in [1.807, 2.05) is 6.92 Å². The predicted molar refractivity (Wildman–Crippen MR) is 182 cm³/mol. The first-order valence-corrected chi connectivity index (χ1v) is 19.1. The van der Waals surface area contributed by atoms with Gasteiger partial charge in [0.15, 0.2) is 0 Å². The van der Waals surface area contributed by atoms with Crippen LogP contribution in [-0.2, 0) is 19.1 Å². The molecule has 0 bridgehead atoms. The van der Waals surface area contributed by atoms with Gasteiger partial charge in [0.2, 0.25) is 0 Å². The van der Waals surface area contributed by atoms with Gasteiger partial charge in [-0.3, -0.25) is 9.59 Å². The summed E-state index contributed by atoms with van der Waals surface area (Å²) in [6.45, 7) is 6.80. The Hall–Kier alpha value is -1.10. The van der Waals surface area contributed by atoms with Crippen molar-refractivity contribution in [3.8, 4) is 0 Å². The summed E-state index contributed by atoms with van der Waals surface area (Å²) < 4.78 is 11.0. The van der Waals surface area contributed by atoms with Crippen LogP contribution in [0.15, 0.2) is 0 Å². The van der Waals surface area contributed by atoms with E-state index in [-0.39, 0.29) is 24.1 Å². The minimum atomic E-state index is -0.0930. The summed E-state index contributed by atoms with van der Waals surface area (Å²) in [6, 6.07) is 0. The second-order valence-electron chi connectivity index (χ2n) is 13.0. The van der Waals surface area contributed by atoms with Gasteiger partial charge < -0.3 is 14.6 Å². The molecule has 2 unspecified atom stereocenters. The first-order valence-electron chi connectivity index (χ1n) is 19.1. The summed E-state index contributed by atoms with van der Waals surface area (Å²) in [5.41, 5.74) is 0. The van der Waals surface area contributed by atoms with Gasteiger partial charge in [-0.2, -0.15) is 0 Å². The van der Waals surface area contributed by atoms with E-state index in [4.69, 9.17) is 9.47 Å². The number of unbranched alkanes of at least 4 members (excludes halogenated alkanes) is 20. The van der Waals surface area contributed by atoms with Crippen molar-refractivity contribution in [3.05, 3.63) is 0 Å². The highest BCUT2D eigenvalue weighted by molar-refractivity contribution is 5.69. The molecule has 0 heterocycles. The van der Waals surface area contributed by atoms with E-state index < -0.39 is 0 Å². The highest BCUT2D eigenvalue weighted by Crippen LogP contribution is 2.19. The van der Waals surface area contributed by atoms with Gasteiger partial charge in [-0.15, -0.1) is 0 Å². The zero-order valence-electron chi connectivity index (χ0n) is 29.2. The molecule has 5 heteroatoms. The molecule has 0 aliphatic heterocycles. The van der Waals surface area contributed by atoms with Crippen LogP contribution < -0.4 is 0 Å². The van der Waals surface area contributed by atoms with Gasteiger partial charge in [-0.25, -0.2) is 0 Å². The van der Waals surface area contributed by atoms with Crippen molar-refractivity contribution in [1.82, 2.24) is 0 Å². The normalized spacial score (nSPS) is 12.7. The fourth-order valence-corrected chi connectivity index (χ4v) is 5.90. The van der Waals surface area contributed by atoms with Crippen LogP contribution in [0.4, 0.5) is 0 Å². The Morgan fingerprint density at radius 2 is 0.814 bits per heavy atom. The third-order valence-electron chi connectivity index (χ3n) is 8.70. The average molecular weight is 611 g/mol. The Kier molecular flexibility index (Phi) is 32.9. The quantitative estimate of drug-likeness (QED) is 0.0579. The molecule has 0 aliphatic carbocycles. The number of ether oxygens (including phenoxy) is 2. The lowest BCUT2D eigenvalue weighted by Crippen LogP contribution is -2.18. The standard InChI is InChI=1S/C38H74O5/c1-4-7-9-23-29-35(39)30-24-19-15-11-13-18-22-28-34-38(41)43-36(31-25-10-8-5-2)32-26-20-16-12-14-17-21-27-33-37(40)42-6-3/h35-36,39H,4-34H2,1-3H3. The number of carbonyl (C=O) groups is 2. The first-order chi connectivity index (χ1) is 21.0. The Morgan fingerprint density at radius 3 is 1.23 bits per heavy atom. The maximum atomic E-state index is 12.6. The molecule has 0 saturated carbocycles. The fourth-order valence-electron chi connectivity index (χ4n) is 5.90. The number of esters is 2. The zero-order chi connectivity index (χ0) is 31.6. The molecule has 5 nitrogen and oxygen atoms in total. The first kappa shape index (κ1) is 41.9. The molecule has 256 valence electrons. The van der Waals surface area contributed by atoms with Crippen molar-refractivity contribution in [1.29, 1.82) is 0 Å². The Morgan fingerprint density at radius 1 is 0.465 bits per heavy atom. The summed E-state index contributed by atoms with van der Waals surface area (Å²) in [7, 11) is 0. The summed E-state index contributed by atoms with van der Waals surface area (Å²) >= 11 is 0. The maximum Gasteiger partial charge on any atom is 0.306 e. The summed E-state index contributed by atoms with van der Waals surface area (Å²) in [4.78, 5) is 24.0. The van der Waals surface area contributed by atoms with E-state index >= 15 is 0 Å². The van der Waals surface area contributed by atoms with E-state index in [1.54, 1.807) is 0 Å². The van der Waals surface area contributed by atoms with Crippen LogP contribution in [0.25, 0.3) is 0 Å². The summed E-state index contributed by atoms with van der Waals surface area (Å²) in [5.74, 6) is -0.0535. The fraction of sp³-hybridized carbons (Fsp3) is 0.947. The monoisotopic (exact) mass is 611 g/mol. The SMILES string of the molecule is CCCCCCC(O)CCCCCCCCCCC(=O)OC(CCCCCC)CCCCCCCCCCC(=O)OCC. The molecule has 0 aromatic heterocycles. The van der Waals surface area contributed by atoms with E-state index in [9.17, 15) is 14.7 Å². The van der Waals surface area contributed by atoms with Crippen molar-refractivity contribution in [2.24, 2.45) is 0 Å². The molecule has 0 spiro atoms. The van der Waals surface area contributed by atoms with Crippen molar-refractivity contribution < 1.29 is 24.2 Å². The zero-order valence-corrected chi connectivity index (χ0v) is 29.2. The molecular weight excluding hydrogens is 536 g/mol. The van der Waals surface area contributed by atoms with Crippen LogP contribution in [0.2, 0.25) is 0 Å². The average Bonchev–Trinajstić information content (AvgIpc) is 2.99. The van der Waals surface area contributed by atoms with Gasteiger partial charge in [0.05, 0.1) is 12.7 Å². The number of aliphatic hydroxyl groups is 1. The molecule has 2 atom stereocenters. The van der Waals surface area contributed by atoms with E-state index in [0.717, 1.165) is 70.6 Å². The highest BCUT2D eigenvalue weighted by Gasteiger charge is 2.14. The molecular formula is C38H74O5. The van der Waals surface area contributed by atoms with Gasteiger partial charge >= 0.3 is 11.9 Å². The van der Waals surface area contributed by atoms with Crippen LogP contribution in [0.3, 0.4) is 0 Å². The molecule has 0 fully saturated rings. The van der Waals surface area contributed by atoms with Gasteiger partial charge in [0, 0.05) is 12.8 Å². The van der Waals surface area contributed by atoms with E-state index in [1.165, 1.54) is 109 Å². The largest absolute Gasteiger partial charge is 0.466 e. The number of carbonyl (C=O) groups excluding carboxylic acids is 2. The third-order valence-corrected chi connectivity index (χ3v) is 8.70. The van der Waals surface area contributed by atoms with Crippen LogP contribution in [0, 0.1) is 0 Å². The second-order valence-corrected chi connectivity index (χ2v) is 13.0. The third kappa shape index (κ3) is 32.1. The van der Waals surface area contributed by atoms with Gasteiger partial charge in [0.1, 0.15) is 6.10 Å². The lowest BCUT2D eigenvalue weighted by Gasteiger charge is -2.18. The second kappa shape index (κ2) is 33.8. The predicted octanol–water partition coefficient (Wildman–Crippen LogP) is 11.6. The summed E-state index contributed by atoms with van der Waals surface area (Å²) in [5, 5.41) is 10.1. The Bertz CT molecular complexity index is 593. The van der Waals surface area contributed by atoms with Crippen LogP contribution >= 0.6 is 0 Å². The molecule has 0 aromatic rings. The summed E-state index contributed by atoms with van der Waals surface area (Å²) in [6.07, 6.45) is 33.8. The smallest absolute Gasteiger partial charge is 0.306 e. The lowest BCUT2D eigenvalue weighted by molar-refractivity contribution is -0.150. The molecule has 0 saturated heterocycles. The molecule has 0 aliphatic rings. The van der Waals surface area contributed by atoms with Gasteiger partial charge in [-0.1, -0.05) is 142 Å². The molecule has 0 amide bonds. The minimum Gasteiger partial charge on any atom is -0.466 e. The van der Waals surface area contributed by atoms with Crippen molar-refractivity contribution in [3.63, 3.8) is 0 Å². The van der Waals surface area contributed by atoms with Gasteiger partial charge in [-0.05, 0) is 58.3 Å². The minimum absolute atomic E-state index is 0.0107. The molecule has 0 aromatic carbocycles. The Balaban J connectivity index is 3.84. The number of rotatable bonds is 34. The molecule has 43 heavy (non-hydrogen) atoms. The van der Waals surface area contributed by atoms with Crippen molar-refractivity contribution in [2.45, 2.75) is 226 Å². The Labute approximate surface area is 268 Å². The number of hydrogen-bond acceptors (Lipinski definition) is 5. The topological polar surface area (TPSA) is 72.8 Å². The van der Waals surface area contributed by atoms with Crippen molar-refractivity contribution in [2.75, 3.05) is 6.61 Å². The molecule has 1 N–H and O–H groups in total. The number of hydrogen-bond donors (Lipinski definition) is 1. The highest BCUT2D eigenvalue weighted by atomic mass is 16.5. The molecule has 0 radical (unpaired) electrons. The lowest BCUT2D eigenvalue weighted by atomic mass is 10.0. The van der Waals surface area contributed by atoms with E-state index in [2.05, 4.69) is 13.8 Å². The van der Waals surface area contributed by atoms with Gasteiger partial charge in [0.25, 0.3) is 0 Å². The maximum absolute atomic E-state index is 12.6. The van der Waals surface area contributed by atoms with E-state index in [0.29, 0.717) is 19.4 Å². The van der Waals surface area contributed by atoms with Crippen LogP contribution in [0.1, 0.15) is 213 Å². The number of aliphatic hydroxyl groups excluding tert-OH is 1. The van der Waals surface area contributed by atoms with Crippen LogP contribution in [-0.4, -0.2) is 35.9 Å². The molecule has 0 rings (SSSR count). The van der Waals surface area contributed by atoms with Crippen LogP contribution in [0.5, 0.6) is 0 Å².